The average Bonchev–Trinajstić information content (AvgIpc) is 2.03. The Morgan fingerprint density at radius 3 is 2.64 bits per heavy atom. The molecule has 0 unspecified atom stereocenters. The van der Waals surface area contributed by atoms with Gasteiger partial charge in [-0.15, -0.1) is 0 Å². The molecule has 0 radical (unpaired) electrons. The van der Waals surface area contributed by atoms with Crippen LogP contribution in [0, 0.1) is 0 Å². The topological polar surface area (TPSA) is 38.0 Å². The van der Waals surface area contributed by atoms with E-state index in [-0.39, 0.29) is 0 Å². The van der Waals surface area contributed by atoms with Gasteiger partial charge in [0.05, 0.1) is 0 Å². The number of unbranched alkanes of at least 4 members (excludes halogenated alkanes) is 3. The summed E-state index contributed by atoms with van der Waals surface area (Å²) in [6.07, 6.45) is 10.6. The molecule has 0 heterocycles. The first-order valence-corrected chi connectivity index (χ1v) is 4.50. The fourth-order valence-electron chi connectivity index (χ4n) is 0.951. The summed E-state index contributed by atoms with van der Waals surface area (Å²) in [5, 5.41) is 0. The van der Waals surface area contributed by atoms with Crippen molar-refractivity contribution in [1.29, 1.82) is 0 Å². The van der Waals surface area contributed by atoms with E-state index in [9.17, 15) is 0 Å². The number of allylic oxidation sites excluding steroid dienone is 2. The molecule has 0 aliphatic rings. The number of hydrazine groups is 1. The second kappa shape index (κ2) is 9.66. The van der Waals surface area contributed by atoms with Crippen molar-refractivity contribution in [1.82, 2.24) is 5.43 Å². The Morgan fingerprint density at radius 1 is 1.18 bits per heavy atom. The van der Waals surface area contributed by atoms with Crippen molar-refractivity contribution in [3.05, 3.63) is 12.2 Å². The molecule has 0 atom stereocenters. The maximum Gasteiger partial charge on any atom is 0.00974 e. The SMILES string of the molecule is CCC=CCCCCCNN. The normalized spacial score (nSPS) is 11.1. The third kappa shape index (κ3) is 9.66. The van der Waals surface area contributed by atoms with Crippen LogP contribution in [0.1, 0.15) is 39.0 Å². The van der Waals surface area contributed by atoms with Crippen molar-refractivity contribution < 1.29 is 0 Å². The van der Waals surface area contributed by atoms with Gasteiger partial charge in [-0.2, -0.15) is 0 Å². The Hall–Kier alpha value is -0.340. The van der Waals surface area contributed by atoms with E-state index in [1.54, 1.807) is 0 Å². The molecule has 0 spiro atoms. The highest BCUT2D eigenvalue weighted by Gasteiger charge is 1.84. The van der Waals surface area contributed by atoms with E-state index in [0.717, 1.165) is 13.0 Å². The van der Waals surface area contributed by atoms with Crippen molar-refractivity contribution in [2.75, 3.05) is 6.54 Å². The monoisotopic (exact) mass is 156 g/mol. The Bertz CT molecular complexity index is 89.6. The Morgan fingerprint density at radius 2 is 2.00 bits per heavy atom. The van der Waals surface area contributed by atoms with Crippen molar-refractivity contribution in [2.45, 2.75) is 39.0 Å². The van der Waals surface area contributed by atoms with Gasteiger partial charge < -0.3 is 0 Å². The Labute approximate surface area is 69.8 Å². The maximum atomic E-state index is 5.13. The molecule has 0 saturated heterocycles. The van der Waals surface area contributed by atoms with Gasteiger partial charge >= 0.3 is 0 Å². The maximum absolute atomic E-state index is 5.13. The van der Waals surface area contributed by atoms with Gasteiger partial charge in [0.1, 0.15) is 0 Å². The molecule has 0 aromatic heterocycles. The molecular formula is C9H20N2. The molecule has 2 heteroatoms. The van der Waals surface area contributed by atoms with E-state index in [0.29, 0.717) is 0 Å². The second-order valence-corrected chi connectivity index (χ2v) is 2.68. The molecule has 0 saturated carbocycles. The minimum atomic E-state index is 0.942. The standard InChI is InChI=1S/C9H20N2/c1-2-3-4-5-6-7-8-9-11-10/h3-4,11H,2,5-10H2,1H3. The van der Waals surface area contributed by atoms with E-state index in [2.05, 4.69) is 24.5 Å². The lowest BCUT2D eigenvalue weighted by Crippen LogP contribution is -2.22. The summed E-state index contributed by atoms with van der Waals surface area (Å²) in [7, 11) is 0. The van der Waals surface area contributed by atoms with E-state index in [1.807, 2.05) is 0 Å². The fourth-order valence-corrected chi connectivity index (χ4v) is 0.951. The van der Waals surface area contributed by atoms with E-state index in [4.69, 9.17) is 5.84 Å². The zero-order chi connectivity index (χ0) is 8.36. The van der Waals surface area contributed by atoms with Gasteiger partial charge in [0.2, 0.25) is 0 Å². The van der Waals surface area contributed by atoms with E-state index < -0.39 is 0 Å². The molecule has 0 amide bonds. The summed E-state index contributed by atoms with van der Waals surface area (Å²) in [6.45, 7) is 3.10. The summed E-state index contributed by atoms with van der Waals surface area (Å²) >= 11 is 0. The molecule has 2 nitrogen and oxygen atoms in total. The Balaban J connectivity index is 2.85. The van der Waals surface area contributed by atoms with Crippen molar-refractivity contribution in [2.24, 2.45) is 5.84 Å². The molecule has 0 aromatic rings. The highest BCUT2D eigenvalue weighted by Crippen LogP contribution is 1.99. The highest BCUT2D eigenvalue weighted by atomic mass is 15.2. The minimum Gasteiger partial charge on any atom is -0.271 e. The molecule has 0 aliphatic heterocycles. The number of nitrogens with one attached hydrogen (secondary N) is 1. The molecule has 66 valence electrons. The summed E-state index contributed by atoms with van der Waals surface area (Å²) < 4.78 is 0. The predicted molar refractivity (Wildman–Crippen MR) is 50.1 cm³/mol. The van der Waals surface area contributed by atoms with Crippen LogP contribution in [-0.2, 0) is 0 Å². The van der Waals surface area contributed by atoms with Crippen LogP contribution < -0.4 is 11.3 Å². The van der Waals surface area contributed by atoms with Crippen LogP contribution >= 0.6 is 0 Å². The predicted octanol–water partition coefficient (Wildman–Crippen LogP) is 1.98. The largest absolute Gasteiger partial charge is 0.271 e. The van der Waals surface area contributed by atoms with Gasteiger partial charge in [0.15, 0.2) is 0 Å². The van der Waals surface area contributed by atoms with Crippen LogP contribution in [0.15, 0.2) is 12.2 Å². The lowest BCUT2D eigenvalue weighted by molar-refractivity contribution is 0.623. The Kier molecular flexibility index (Phi) is 9.36. The van der Waals surface area contributed by atoms with Crippen LogP contribution in [0.5, 0.6) is 0 Å². The first-order chi connectivity index (χ1) is 5.41. The highest BCUT2D eigenvalue weighted by molar-refractivity contribution is 4.79. The van der Waals surface area contributed by atoms with Crippen molar-refractivity contribution >= 4 is 0 Å². The zero-order valence-electron chi connectivity index (χ0n) is 7.47. The van der Waals surface area contributed by atoms with E-state index in [1.165, 1.54) is 25.7 Å². The summed E-state index contributed by atoms with van der Waals surface area (Å²) in [4.78, 5) is 0. The van der Waals surface area contributed by atoms with Crippen LogP contribution in [0.2, 0.25) is 0 Å². The van der Waals surface area contributed by atoms with Gasteiger partial charge in [-0.05, 0) is 25.7 Å². The molecule has 0 aromatic carbocycles. The molecule has 11 heavy (non-hydrogen) atoms. The average molecular weight is 156 g/mol. The molecule has 0 aliphatic carbocycles. The number of nitrogens with two attached hydrogens (primary N) is 1. The number of rotatable bonds is 7. The van der Waals surface area contributed by atoms with Crippen molar-refractivity contribution in [3.8, 4) is 0 Å². The van der Waals surface area contributed by atoms with Crippen LogP contribution in [-0.4, -0.2) is 6.54 Å². The second-order valence-electron chi connectivity index (χ2n) is 2.68. The number of hydrogen-bond donors (Lipinski definition) is 2. The van der Waals surface area contributed by atoms with Gasteiger partial charge in [0.25, 0.3) is 0 Å². The summed E-state index contributed by atoms with van der Waals surface area (Å²) in [6, 6.07) is 0. The molecule has 0 fully saturated rings. The van der Waals surface area contributed by atoms with Crippen LogP contribution in [0.25, 0.3) is 0 Å². The van der Waals surface area contributed by atoms with Crippen LogP contribution in [0.3, 0.4) is 0 Å². The smallest absolute Gasteiger partial charge is 0.00974 e. The van der Waals surface area contributed by atoms with Gasteiger partial charge in [-0.1, -0.05) is 25.5 Å². The summed E-state index contributed by atoms with van der Waals surface area (Å²) in [5.74, 6) is 5.13. The van der Waals surface area contributed by atoms with Crippen LogP contribution in [0.4, 0.5) is 0 Å². The van der Waals surface area contributed by atoms with Crippen molar-refractivity contribution in [3.63, 3.8) is 0 Å². The number of hydrogen-bond acceptors (Lipinski definition) is 2. The third-order valence-corrected chi connectivity index (χ3v) is 1.59. The molecular weight excluding hydrogens is 136 g/mol. The quantitative estimate of drug-likeness (QED) is 0.256. The zero-order valence-corrected chi connectivity index (χ0v) is 7.47. The summed E-state index contributed by atoms with van der Waals surface area (Å²) in [5.41, 5.74) is 2.65. The fraction of sp³-hybridized carbons (Fsp3) is 0.778. The third-order valence-electron chi connectivity index (χ3n) is 1.59. The van der Waals surface area contributed by atoms with Gasteiger partial charge in [0, 0.05) is 6.54 Å². The molecule has 0 bridgehead atoms. The first-order valence-electron chi connectivity index (χ1n) is 4.50. The van der Waals surface area contributed by atoms with Gasteiger partial charge in [-0.3, -0.25) is 11.3 Å². The first kappa shape index (κ1) is 10.7. The van der Waals surface area contributed by atoms with Gasteiger partial charge in [-0.25, -0.2) is 0 Å². The lowest BCUT2D eigenvalue weighted by atomic mass is 10.2. The molecule has 0 rings (SSSR count). The lowest BCUT2D eigenvalue weighted by Gasteiger charge is -1.96. The minimum absolute atomic E-state index is 0.942. The molecule has 3 N–H and O–H groups in total. The van der Waals surface area contributed by atoms with E-state index >= 15 is 0 Å².